The first-order valence-electron chi connectivity index (χ1n) is 5.19. The molecule has 11 heteroatoms. The molecule has 1 atom stereocenters. The van der Waals surface area contributed by atoms with Crippen LogP contribution in [0.3, 0.4) is 0 Å². The lowest BCUT2D eigenvalue weighted by molar-refractivity contribution is -0.432. The van der Waals surface area contributed by atoms with Crippen LogP contribution in [0.25, 0.3) is 0 Å². The molecule has 0 rings (SSSR count). The van der Waals surface area contributed by atoms with E-state index in [1.165, 1.54) is 6.92 Å². The fraction of sp³-hybridized carbons (Fsp3) is 0.700. The molecule has 4 nitrogen and oxygen atoms in total. The molecule has 1 unspecified atom stereocenters. The van der Waals surface area contributed by atoms with Crippen LogP contribution in [-0.4, -0.2) is 48.6 Å². The van der Waals surface area contributed by atoms with Gasteiger partial charge < -0.3 is 14.6 Å². The number of carbonyl (C=O) groups excluding carboxylic acids is 1. The number of halogens is 7. The van der Waals surface area contributed by atoms with E-state index in [-0.39, 0.29) is 5.57 Å². The summed E-state index contributed by atoms with van der Waals surface area (Å²) in [7, 11) is 0. The normalized spacial score (nSPS) is 14.7. The maximum Gasteiger partial charge on any atom is 0.458 e. The summed E-state index contributed by atoms with van der Waals surface area (Å²) in [4.78, 5) is 10.9. The lowest BCUT2D eigenvalue weighted by Crippen LogP contribution is -2.56. The molecule has 0 bridgehead atoms. The summed E-state index contributed by atoms with van der Waals surface area (Å²) in [5.41, 5.74) is -0.117. The highest BCUT2D eigenvalue weighted by Crippen LogP contribution is 2.46. The molecule has 0 aliphatic carbocycles. The predicted octanol–water partition coefficient (Wildman–Crippen LogP) is 2.27. The Morgan fingerprint density at radius 2 is 1.52 bits per heavy atom. The van der Waals surface area contributed by atoms with Crippen molar-refractivity contribution < 1.29 is 50.1 Å². The number of hydrogen-bond acceptors (Lipinski definition) is 4. The van der Waals surface area contributed by atoms with Crippen LogP contribution in [0.1, 0.15) is 6.92 Å². The van der Waals surface area contributed by atoms with E-state index in [2.05, 4.69) is 16.1 Å². The van der Waals surface area contributed by atoms with Gasteiger partial charge in [-0.1, -0.05) is 6.58 Å². The Bertz CT molecular complexity index is 374. The van der Waals surface area contributed by atoms with Gasteiger partial charge in [0.2, 0.25) is 0 Å². The van der Waals surface area contributed by atoms with Gasteiger partial charge in [-0.2, -0.15) is 30.7 Å². The second-order valence-electron chi connectivity index (χ2n) is 3.93. The molecule has 0 aromatic rings. The number of ether oxygens (including phenoxy) is 2. The lowest BCUT2D eigenvalue weighted by Gasteiger charge is -2.30. The van der Waals surface area contributed by atoms with Crippen LogP contribution in [0, 0.1) is 0 Å². The second kappa shape index (κ2) is 6.60. The van der Waals surface area contributed by atoms with Crippen molar-refractivity contribution in [1.29, 1.82) is 0 Å². The van der Waals surface area contributed by atoms with E-state index < -0.39 is 43.5 Å². The number of alkyl halides is 7. The van der Waals surface area contributed by atoms with Gasteiger partial charge in [0.25, 0.3) is 0 Å². The van der Waals surface area contributed by atoms with Crippen molar-refractivity contribution in [2.75, 3.05) is 13.2 Å². The molecular weight excluding hydrogens is 317 g/mol. The third-order valence-electron chi connectivity index (χ3n) is 1.96. The molecule has 1 N–H and O–H groups in total. The van der Waals surface area contributed by atoms with Gasteiger partial charge in [-0.3, -0.25) is 0 Å². The third kappa shape index (κ3) is 5.16. The highest BCUT2D eigenvalue weighted by molar-refractivity contribution is 5.86. The summed E-state index contributed by atoms with van der Waals surface area (Å²) in [6.45, 7) is 1.67. The Morgan fingerprint density at radius 1 is 1.10 bits per heavy atom. The van der Waals surface area contributed by atoms with Crippen molar-refractivity contribution in [1.82, 2.24) is 0 Å². The number of carbonyl (C=O) groups is 1. The van der Waals surface area contributed by atoms with Gasteiger partial charge in [0.05, 0.1) is 6.61 Å². The summed E-state index contributed by atoms with van der Waals surface area (Å²) in [5, 5.41) is 9.04. The van der Waals surface area contributed by atoms with Crippen LogP contribution in [0.5, 0.6) is 0 Å². The van der Waals surface area contributed by atoms with Crippen LogP contribution in [0.2, 0.25) is 0 Å². The van der Waals surface area contributed by atoms with Crippen LogP contribution in [0.15, 0.2) is 12.2 Å². The number of esters is 1. The zero-order valence-electron chi connectivity index (χ0n) is 10.5. The molecule has 0 heterocycles. The summed E-state index contributed by atoms with van der Waals surface area (Å²) < 4.78 is 92.8. The molecule has 0 aromatic carbocycles. The molecule has 21 heavy (non-hydrogen) atoms. The van der Waals surface area contributed by atoms with E-state index in [0.717, 1.165) is 0 Å². The van der Waals surface area contributed by atoms with Gasteiger partial charge in [0, 0.05) is 5.57 Å². The van der Waals surface area contributed by atoms with Crippen LogP contribution >= 0.6 is 0 Å². The summed E-state index contributed by atoms with van der Waals surface area (Å²) >= 11 is 0. The molecule has 0 aliphatic rings. The van der Waals surface area contributed by atoms with E-state index in [0.29, 0.717) is 0 Å². The zero-order valence-corrected chi connectivity index (χ0v) is 10.5. The molecule has 124 valence electrons. The van der Waals surface area contributed by atoms with Crippen molar-refractivity contribution in [2.45, 2.75) is 31.2 Å². The molecule has 0 saturated heterocycles. The Labute approximate surface area is 114 Å². The van der Waals surface area contributed by atoms with Gasteiger partial charge in [-0.15, -0.1) is 0 Å². The first-order valence-corrected chi connectivity index (χ1v) is 5.19. The summed E-state index contributed by atoms with van der Waals surface area (Å²) in [6, 6.07) is 0. The SMILES string of the molecule is C=C(C)C(=O)OCC(O)COC(F)(C(F)(F)F)C(F)(F)F. The van der Waals surface area contributed by atoms with E-state index in [9.17, 15) is 35.5 Å². The van der Waals surface area contributed by atoms with Crippen LogP contribution in [0.4, 0.5) is 30.7 Å². The average Bonchev–Trinajstić information content (AvgIpc) is 2.29. The molecule has 0 amide bonds. The van der Waals surface area contributed by atoms with E-state index in [4.69, 9.17) is 5.11 Å². The van der Waals surface area contributed by atoms with E-state index in [1.54, 1.807) is 0 Å². The Kier molecular flexibility index (Phi) is 6.17. The highest BCUT2D eigenvalue weighted by atomic mass is 19.4. The minimum atomic E-state index is -6.39. The fourth-order valence-electron chi connectivity index (χ4n) is 0.879. The Morgan fingerprint density at radius 3 is 1.86 bits per heavy atom. The van der Waals surface area contributed by atoms with E-state index >= 15 is 0 Å². The van der Waals surface area contributed by atoms with Crippen molar-refractivity contribution in [3.63, 3.8) is 0 Å². The quantitative estimate of drug-likeness (QED) is 0.462. The molecule has 0 saturated carbocycles. The summed E-state index contributed by atoms with van der Waals surface area (Å²) in [6.07, 6.45) is -14.9. The maximum atomic E-state index is 13.0. The van der Waals surface area contributed by atoms with Gasteiger partial charge in [-0.05, 0) is 6.92 Å². The van der Waals surface area contributed by atoms with E-state index in [1.807, 2.05) is 0 Å². The van der Waals surface area contributed by atoms with Crippen molar-refractivity contribution in [3.05, 3.63) is 12.2 Å². The fourth-order valence-corrected chi connectivity index (χ4v) is 0.879. The largest absolute Gasteiger partial charge is 0.460 e. The summed E-state index contributed by atoms with van der Waals surface area (Å²) in [5.74, 6) is -6.97. The van der Waals surface area contributed by atoms with Crippen molar-refractivity contribution >= 4 is 5.97 Å². The number of rotatable bonds is 6. The minimum absolute atomic E-state index is 0.117. The second-order valence-corrected chi connectivity index (χ2v) is 3.93. The molecule has 0 aliphatic heterocycles. The molecular formula is C10H11F7O4. The first kappa shape index (κ1) is 19.6. The predicted molar refractivity (Wildman–Crippen MR) is 53.7 cm³/mol. The minimum Gasteiger partial charge on any atom is -0.460 e. The molecule has 0 aromatic heterocycles. The smallest absolute Gasteiger partial charge is 0.458 e. The molecule has 0 fully saturated rings. The lowest BCUT2D eigenvalue weighted by atomic mass is 10.3. The Balaban J connectivity index is 4.65. The Hall–Kier alpha value is -1.36. The third-order valence-corrected chi connectivity index (χ3v) is 1.96. The standard InChI is InChI=1S/C10H11F7O4/c1-5(2)7(19)20-3-6(18)4-21-8(11,9(12,13)14)10(15,16)17/h6,18H,1,3-4H2,2H3. The highest BCUT2D eigenvalue weighted by Gasteiger charge is 2.74. The first-order chi connectivity index (χ1) is 9.22. The van der Waals surface area contributed by atoms with Crippen molar-refractivity contribution in [3.8, 4) is 0 Å². The van der Waals surface area contributed by atoms with Gasteiger partial charge in [0.15, 0.2) is 0 Å². The van der Waals surface area contributed by atoms with Gasteiger partial charge >= 0.3 is 24.2 Å². The monoisotopic (exact) mass is 328 g/mol. The van der Waals surface area contributed by atoms with Crippen molar-refractivity contribution in [2.24, 2.45) is 0 Å². The van der Waals surface area contributed by atoms with Crippen LogP contribution < -0.4 is 0 Å². The molecule has 0 spiro atoms. The zero-order chi connectivity index (χ0) is 17.1. The average molecular weight is 328 g/mol. The van der Waals surface area contributed by atoms with Gasteiger partial charge in [0.1, 0.15) is 12.7 Å². The van der Waals surface area contributed by atoms with Crippen LogP contribution in [-0.2, 0) is 14.3 Å². The molecule has 0 radical (unpaired) electrons. The topological polar surface area (TPSA) is 55.8 Å². The maximum absolute atomic E-state index is 13.0. The number of aliphatic hydroxyl groups is 1. The number of aliphatic hydroxyl groups excluding tert-OH is 1. The van der Waals surface area contributed by atoms with Gasteiger partial charge in [-0.25, -0.2) is 4.79 Å². The number of hydrogen-bond donors (Lipinski definition) is 1.